The zero-order valence-corrected chi connectivity index (χ0v) is 17.3. The van der Waals surface area contributed by atoms with Crippen molar-refractivity contribution in [1.82, 2.24) is 9.88 Å². The molecule has 4 nitrogen and oxygen atoms in total. The van der Waals surface area contributed by atoms with Crippen LogP contribution in [0.25, 0.3) is 10.9 Å². The van der Waals surface area contributed by atoms with Crippen LogP contribution in [0, 0.1) is 12.7 Å². The summed E-state index contributed by atoms with van der Waals surface area (Å²) in [5.41, 5.74) is 6.21. The molecule has 30 heavy (non-hydrogen) atoms. The highest BCUT2D eigenvalue weighted by Gasteiger charge is 2.28. The molecule has 3 aromatic rings. The Balaban J connectivity index is 1.45. The number of fused-ring (bicyclic) bond motifs is 2. The first-order valence-corrected chi connectivity index (χ1v) is 10.8. The van der Waals surface area contributed by atoms with Crippen LogP contribution in [0.4, 0.5) is 10.1 Å². The predicted molar refractivity (Wildman–Crippen MR) is 118 cm³/mol. The largest absolute Gasteiger partial charge is 0.368 e. The topological polar surface area (TPSA) is 36.4 Å². The van der Waals surface area contributed by atoms with Crippen LogP contribution < -0.4 is 4.90 Å². The number of amides is 1. The van der Waals surface area contributed by atoms with Gasteiger partial charge in [-0.3, -0.25) is 9.78 Å². The average Bonchev–Trinajstić information content (AvgIpc) is 2.78. The van der Waals surface area contributed by atoms with Crippen molar-refractivity contribution in [3.63, 3.8) is 0 Å². The summed E-state index contributed by atoms with van der Waals surface area (Å²) in [6, 6.07) is 12.8. The third-order valence-corrected chi connectivity index (χ3v) is 6.39. The number of hydrogen-bond donors (Lipinski definition) is 0. The summed E-state index contributed by atoms with van der Waals surface area (Å²) in [5.74, 6) is -0.0953. The number of anilines is 1. The summed E-state index contributed by atoms with van der Waals surface area (Å²) in [6.07, 6.45) is 4.15. The van der Waals surface area contributed by atoms with Crippen LogP contribution in [-0.2, 0) is 12.8 Å². The molecule has 1 saturated heterocycles. The van der Waals surface area contributed by atoms with Gasteiger partial charge in [0.15, 0.2) is 0 Å². The molecular formula is C25H26FN3O. The molecular weight excluding hydrogens is 377 g/mol. The van der Waals surface area contributed by atoms with Gasteiger partial charge in [-0.2, -0.15) is 0 Å². The summed E-state index contributed by atoms with van der Waals surface area (Å²) in [4.78, 5) is 22.8. The van der Waals surface area contributed by atoms with E-state index in [0.717, 1.165) is 77.7 Å². The predicted octanol–water partition coefficient (Wildman–Crippen LogP) is 4.52. The first-order chi connectivity index (χ1) is 14.6. The maximum Gasteiger partial charge on any atom is 0.255 e. The molecule has 0 saturated carbocycles. The number of piperazine rings is 1. The minimum atomic E-state index is -0.225. The molecule has 0 bridgehead atoms. The molecule has 5 rings (SSSR count). The van der Waals surface area contributed by atoms with Gasteiger partial charge in [-0.15, -0.1) is 0 Å². The average molecular weight is 404 g/mol. The van der Waals surface area contributed by atoms with Crippen LogP contribution in [-0.4, -0.2) is 42.0 Å². The molecule has 1 aliphatic carbocycles. The third-order valence-electron chi connectivity index (χ3n) is 6.39. The van der Waals surface area contributed by atoms with Gasteiger partial charge in [0.25, 0.3) is 5.91 Å². The Morgan fingerprint density at radius 3 is 2.47 bits per heavy atom. The van der Waals surface area contributed by atoms with Gasteiger partial charge in [0.05, 0.1) is 11.1 Å². The summed E-state index contributed by atoms with van der Waals surface area (Å²) in [7, 11) is 0. The van der Waals surface area contributed by atoms with Crippen molar-refractivity contribution in [3.05, 3.63) is 70.7 Å². The van der Waals surface area contributed by atoms with Crippen LogP contribution in [0.2, 0.25) is 0 Å². The van der Waals surface area contributed by atoms with E-state index < -0.39 is 0 Å². The summed E-state index contributed by atoms with van der Waals surface area (Å²) in [6.45, 7) is 4.90. The number of carbonyl (C=O) groups is 1. The van der Waals surface area contributed by atoms with Crippen molar-refractivity contribution in [2.24, 2.45) is 0 Å². The minimum Gasteiger partial charge on any atom is -0.368 e. The first-order valence-electron chi connectivity index (χ1n) is 10.8. The Bertz CT molecular complexity index is 1100. The van der Waals surface area contributed by atoms with E-state index in [9.17, 15) is 9.18 Å². The van der Waals surface area contributed by atoms with Crippen molar-refractivity contribution in [1.29, 1.82) is 0 Å². The molecule has 154 valence electrons. The van der Waals surface area contributed by atoms with Gasteiger partial charge in [-0.1, -0.05) is 11.6 Å². The Morgan fingerprint density at radius 2 is 1.70 bits per heavy atom. The molecule has 5 heteroatoms. The van der Waals surface area contributed by atoms with E-state index in [1.165, 1.54) is 12.1 Å². The van der Waals surface area contributed by atoms with Gasteiger partial charge in [-0.05, 0) is 74.6 Å². The van der Waals surface area contributed by atoms with Crippen molar-refractivity contribution < 1.29 is 9.18 Å². The molecule has 1 amide bonds. The van der Waals surface area contributed by atoms with Crippen molar-refractivity contribution in [2.45, 2.75) is 32.6 Å². The van der Waals surface area contributed by atoms with Crippen molar-refractivity contribution in [2.75, 3.05) is 31.1 Å². The molecule has 0 atom stereocenters. The van der Waals surface area contributed by atoms with Gasteiger partial charge in [0.2, 0.25) is 0 Å². The smallest absolute Gasteiger partial charge is 0.255 e. The lowest BCUT2D eigenvalue weighted by molar-refractivity contribution is 0.0747. The second-order valence-corrected chi connectivity index (χ2v) is 8.40. The van der Waals surface area contributed by atoms with Crippen LogP contribution in [0.15, 0.2) is 42.5 Å². The molecule has 2 heterocycles. The number of benzene rings is 2. The second kappa shape index (κ2) is 7.71. The number of aryl methyl sites for hydroxylation is 2. The van der Waals surface area contributed by atoms with E-state index in [0.29, 0.717) is 13.1 Å². The summed E-state index contributed by atoms with van der Waals surface area (Å²) >= 11 is 0. The maximum atomic E-state index is 13.7. The van der Waals surface area contributed by atoms with E-state index in [2.05, 4.69) is 24.0 Å². The Hall–Kier alpha value is -2.95. The molecule has 0 N–H and O–H groups in total. The molecule has 1 aromatic heterocycles. The lowest BCUT2D eigenvalue weighted by Crippen LogP contribution is -2.49. The van der Waals surface area contributed by atoms with E-state index in [4.69, 9.17) is 4.98 Å². The standard InChI is InChI=1S/C25H26FN3O/c1-17-6-11-23-21(16-17)24(20-4-2-3-5-22(20)27-23)25(30)29-14-12-28(13-15-29)19-9-7-18(26)8-10-19/h6-11,16H,2-5,12-15H2,1H3. The second-order valence-electron chi connectivity index (χ2n) is 8.40. The van der Waals surface area contributed by atoms with Crippen LogP contribution in [0.5, 0.6) is 0 Å². The molecule has 1 fully saturated rings. The zero-order valence-electron chi connectivity index (χ0n) is 17.3. The van der Waals surface area contributed by atoms with Gasteiger partial charge in [-0.25, -0.2) is 4.39 Å². The van der Waals surface area contributed by atoms with E-state index in [-0.39, 0.29) is 11.7 Å². The maximum absolute atomic E-state index is 13.7. The van der Waals surface area contributed by atoms with E-state index in [1.54, 1.807) is 0 Å². The molecule has 0 unspecified atom stereocenters. The van der Waals surface area contributed by atoms with Crippen LogP contribution >= 0.6 is 0 Å². The van der Waals surface area contributed by atoms with Crippen LogP contribution in [0.3, 0.4) is 0 Å². The number of pyridine rings is 1. The van der Waals surface area contributed by atoms with Gasteiger partial charge in [0, 0.05) is 42.9 Å². The number of halogens is 1. The molecule has 1 aliphatic heterocycles. The summed E-state index contributed by atoms with van der Waals surface area (Å²) in [5, 5.41) is 0.988. The SMILES string of the molecule is Cc1ccc2nc3c(c(C(=O)N4CCN(c5ccc(F)cc5)CC4)c2c1)CCCC3. The number of rotatable bonds is 2. The Morgan fingerprint density at radius 1 is 0.967 bits per heavy atom. The lowest BCUT2D eigenvalue weighted by Gasteiger charge is -2.37. The highest BCUT2D eigenvalue weighted by Crippen LogP contribution is 2.31. The fourth-order valence-corrected chi connectivity index (χ4v) is 4.76. The highest BCUT2D eigenvalue weighted by atomic mass is 19.1. The molecule has 2 aliphatic rings. The number of aromatic nitrogens is 1. The van der Waals surface area contributed by atoms with Crippen molar-refractivity contribution in [3.8, 4) is 0 Å². The number of carbonyl (C=O) groups excluding carboxylic acids is 1. The number of nitrogens with zero attached hydrogens (tertiary/aromatic N) is 3. The fourth-order valence-electron chi connectivity index (χ4n) is 4.76. The Kier molecular flexibility index (Phi) is 4.89. The summed E-state index contributed by atoms with van der Waals surface area (Å²) < 4.78 is 13.2. The molecule has 0 radical (unpaired) electrons. The van der Waals surface area contributed by atoms with E-state index >= 15 is 0 Å². The van der Waals surface area contributed by atoms with Crippen LogP contribution in [0.1, 0.15) is 40.0 Å². The molecule has 0 spiro atoms. The lowest BCUT2D eigenvalue weighted by atomic mass is 9.89. The number of hydrogen-bond acceptors (Lipinski definition) is 3. The quantitative estimate of drug-likeness (QED) is 0.631. The van der Waals surface area contributed by atoms with E-state index in [1.807, 2.05) is 23.1 Å². The van der Waals surface area contributed by atoms with Gasteiger partial charge < -0.3 is 9.80 Å². The van der Waals surface area contributed by atoms with Gasteiger partial charge >= 0.3 is 0 Å². The molecule has 2 aromatic carbocycles. The monoisotopic (exact) mass is 403 g/mol. The highest BCUT2D eigenvalue weighted by molar-refractivity contribution is 6.08. The fraction of sp³-hybridized carbons (Fsp3) is 0.360. The Labute approximate surface area is 176 Å². The zero-order chi connectivity index (χ0) is 20.7. The normalized spacial score (nSPS) is 16.6. The third kappa shape index (κ3) is 3.42. The van der Waals surface area contributed by atoms with Gasteiger partial charge in [0.1, 0.15) is 5.82 Å². The minimum absolute atomic E-state index is 0.130. The first kappa shape index (κ1) is 19.0. The van der Waals surface area contributed by atoms with Crippen molar-refractivity contribution >= 4 is 22.5 Å².